The van der Waals surface area contributed by atoms with Gasteiger partial charge in [-0.1, -0.05) is 6.92 Å². The van der Waals surface area contributed by atoms with Crippen LogP contribution in [0.2, 0.25) is 0 Å². The second-order valence-corrected chi connectivity index (χ2v) is 4.04. The number of nitrogens with two attached hydrogens (primary N) is 1. The number of hydrogen-bond acceptors (Lipinski definition) is 4. The third-order valence-electron chi connectivity index (χ3n) is 2.67. The van der Waals surface area contributed by atoms with Gasteiger partial charge >= 0.3 is 0 Å². The molecule has 0 bridgehead atoms. The molecule has 0 spiro atoms. The molecule has 0 aromatic carbocycles. The third kappa shape index (κ3) is 2.37. The molecule has 92 valence electrons. The molecule has 6 heteroatoms. The Kier molecular flexibility index (Phi) is 3.55. The van der Waals surface area contributed by atoms with Crippen LogP contribution in [-0.4, -0.2) is 19.3 Å². The number of imidazole rings is 1. The van der Waals surface area contributed by atoms with Gasteiger partial charge < -0.3 is 4.57 Å². The van der Waals surface area contributed by atoms with Gasteiger partial charge in [0.15, 0.2) is 0 Å². The van der Waals surface area contributed by atoms with Crippen LogP contribution in [0.25, 0.3) is 0 Å². The van der Waals surface area contributed by atoms with Crippen molar-refractivity contribution in [2.75, 3.05) is 0 Å². The number of hydrogen-bond donors (Lipinski definition) is 2. The molecule has 0 saturated carbocycles. The minimum atomic E-state index is -0.120. The molecule has 3 N–H and O–H groups in total. The van der Waals surface area contributed by atoms with E-state index in [0.29, 0.717) is 0 Å². The van der Waals surface area contributed by atoms with E-state index in [4.69, 9.17) is 5.84 Å². The minimum Gasteiger partial charge on any atom is -0.340 e. The highest BCUT2D eigenvalue weighted by atomic mass is 15.3. The summed E-state index contributed by atoms with van der Waals surface area (Å²) < 4.78 is 3.86. The Morgan fingerprint density at radius 3 is 2.94 bits per heavy atom. The van der Waals surface area contributed by atoms with Crippen molar-refractivity contribution in [3.8, 4) is 0 Å². The lowest BCUT2D eigenvalue weighted by molar-refractivity contribution is 0.516. The Labute approximate surface area is 100 Å². The van der Waals surface area contributed by atoms with Crippen molar-refractivity contribution in [2.24, 2.45) is 12.9 Å². The first-order valence-corrected chi connectivity index (χ1v) is 5.72. The quantitative estimate of drug-likeness (QED) is 0.586. The summed E-state index contributed by atoms with van der Waals surface area (Å²) in [6.07, 6.45) is 6.54. The highest BCUT2D eigenvalue weighted by Gasteiger charge is 2.18. The van der Waals surface area contributed by atoms with Crippen LogP contribution < -0.4 is 11.3 Å². The fourth-order valence-corrected chi connectivity index (χ4v) is 1.89. The zero-order valence-electron chi connectivity index (χ0n) is 10.2. The minimum absolute atomic E-state index is 0.120. The molecule has 0 radical (unpaired) electrons. The van der Waals surface area contributed by atoms with Crippen molar-refractivity contribution < 1.29 is 0 Å². The van der Waals surface area contributed by atoms with Crippen molar-refractivity contribution in [2.45, 2.75) is 25.9 Å². The van der Waals surface area contributed by atoms with Gasteiger partial charge in [-0.25, -0.2) is 10.4 Å². The number of hydrazine groups is 1. The summed E-state index contributed by atoms with van der Waals surface area (Å²) in [5.74, 6) is 5.63. The largest absolute Gasteiger partial charge is 0.340 e. The Hall–Kier alpha value is -1.66. The number of nitrogens with zero attached hydrogens (tertiary/aromatic N) is 4. The van der Waals surface area contributed by atoms with Gasteiger partial charge in [-0.05, 0) is 12.5 Å². The lowest BCUT2D eigenvalue weighted by atomic mass is 10.1. The van der Waals surface area contributed by atoms with Gasteiger partial charge in [0.1, 0.15) is 6.04 Å². The van der Waals surface area contributed by atoms with E-state index < -0.39 is 0 Å². The maximum absolute atomic E-state index is 5.63. The molecule has 6 nitrogen and oxygen atoms in total. The van der Waals surface area contributed by atoms with Gasteiger partial charge in [0, 0.05) is 26.0 Å². The fourth-order valence-electron chi connectivity index (χ4n) is 1.89. The summed E-state index contributed by atoms with van der Waals surface area (Å²) in [5, 5.41) is 4.29. The smallest absolute Gasteiger partial charge is 0.106 e. The maximum Gasteiger partial charge on any atom is 0.106 e. The highest BCUT2D eigenvalue weighted by molar-refractivity contribution is 5.19. The molecule has 0 fully saturated rings. The molecule has 2 aromatic heterocycles. The molecule has 2 aromatic rings. The summed E-state index contributed by atoms with van der Waals surface area (Å²) in [6, 6.07) is 1.85. The van der Waals surface area contributed by atoms with Crippen LogP contribution in [0.15, 0.2) is 24.8 Å². The number of rotatable bonds is 5. The van der Waals surface area contributed by atoms with Crippen LogP contribution in [0, 0.1) is 0 Å². The van der Waals surface area contributed by atoms with Gasteiger partial charge in [0.2, 0.25) is 0 Å². The van der Waals surface area contributed by atoms with E-state index in [1.165, 1.54) is 0 Å². The predicted molar refractivity (Wildman–Crippen MR) is 64.9 cm³/mol. The first-order chi connectivity index (χ1) is 8.26. The molecule has 0 aliphatic heterocycles. The molecular weight excluding hydrogens is 216 g/mol. The lowest BCUT2D eigenvalue weighted by Crippen LogP contribution is -2.31. The second kappa shape index (κ2) is 5.11. The van der Waals surface area contributed by atoms with E-state index in [1.807, 2.05) is 28.6 Å². The number of aryl methyl sites for hydroxylation is 2. The normalized spacial score (nSPS) is 12.9. The molecule has 0 aliphatic carbocycles. The zero-order chi connectivity index (χ0) is 12.3. The topological polar surface area (TPSA) is 73.7 Å². The lowest BCUT2D eigenvalue weighted by Gasteiger charge is -2.15. The van der Waals surface area contributed by atoms with E-state index in [1.54, 1.807) is 12.5 Å². The Bertz CT molecular complexity index is 472. The highest BCUT2D eigenvalue weighted by Crippen LogP contribution is 2.19. The van der Waals surface area contributed by atoms with Gasteiger partial charge in [0.05, 0.1) is 17.7 Å². The van der Waals surface area contributed by atoms with E-state index in [0.717, 1.165) is 24.4 Å². The number of nitrogens with one attached hydrogen (secondary N) is 1. The zero-order valence-corrected chi connectivity index (χ0v) is 10.2. The van der Waals surface area contributed by atoms with Crippen LogP contribution in [-0.2, 0) is 13.6 Å². The maximum atomic E-state index is 5.63. The second-order valence-electron chi connectivity index (χ2n) is 4.04. The molecule has 0 amide bonds. The van der Waals surface area contributed by atoms with Crippen LogP contribution in [0.5, 0.6) is 0 Å². The van der Waals surface area contributed by atoms with Crippen molar-refractivity contribution in [3.63, 3.8) is 0 Å². The van der Waals surface area contributed by atoms with Gasteiger partial charge in [-0.15, -0.1) is 0 Å². The molecule has 0 aliphatic rings. The molecule has 1 atom stereocenters. The molecule has 1 unspecified atom stereocenters. The monoisotopic (exact) mass is 234 g/mol. The van der Waals surface area contributed by atoms with Crippen molar-refractivity contribution in [1.82, 2.24) is 24.8 Å². The molecule has 0 saturated heterocycles. The van der Waals surface area contributed by atoms with Crippen molar-refractivity contribution in [3.05, 3.63) is 36.2 Å². The summed E-state index contributed by atoms with van der Waals surface area (Å²) in [6.45, 7) is 3.00. The standard InChI is InChI=1S/C11H18N6/c1-3-6-17-10(4-5-14-17)11(15-12)9-7-16(2)8-13-9/h4-5,7-8,11,15H,3,6,12H2,1-2H3. The van der Waals surface area contributed by atoms with E-state index in [9.17, 15) is 0 Å². The van der Waals surface area contributed by atoms with Crippen LogP contribution in [0.1, 0.15) is 30.8 Å². The van der Waals surface area contributed by atoms with Gasteiger partial charge in [-0.2, -0.15) is 5.10 Å². The predicted octanol–water partition coefficient (Wildman–Crippen LogP) is 0.579. The van der Waals surface area contributed by atoms with Crippen LogP contribution >= 0.6 is 0 Å². The summed E-state index contributed by atoms with van der Waals surface area (Å²) in [7, 11) is 1.94. The van der Waals surface area contributed by atoms with Gasteiger partial charge in [0.25, 0.3) is 0 Å². The van der Waals surface area contributed by atoms with Gasteiger partial charge in [-0.3, -0.25) is 10.5 Å². The molecule has 17 heavy (non-hydrogen) atoms. The van der Waals surface area contributed by atoms with Crippen molar-refractivity contribution in [1.29, 1.82) is 0 Å². The fraction of sp³-hybridized carbons (Fsp3) is 0.455. The van der Waals surface area contributed by atoms with Crippen LogP contribution in [0.4, 0.5) is 0 Å². The molecule has 2 rings (SSSR count). The van der Waals surface area contributed by atoms with Crippen molar-refractivity contribution >= 4 is 0 Å². The Morgan fingerprint density at radius 1 is 1.53 bits per heavy atom. The average Bonchev–Trinajstić information content (AvgIpc) is 2.91. The number of aromatic nitrogens is 4. The molecular formula is C11H18N6. The average molecular weight is 234 g/mol. The third-order valence-corrected chi connectivity index (χ3v) is 2.67. The summed E-state index contributed by atoms with van der Waals surface area (Å²) in [4.78, 5) is 4.32. The summed E-state index contributed by atoms with van der Waals surface area (Å²) in [5.41, 5.74) is 4.73. The van der Waals surface area contributed by atoms with E-state index in [-0.39, 0.29) is 6.04 Å². The van der Waals surface area contributed by atoms with Crippen LogP contribution in [0.3, 0.4) is 0 Å². The van der Waals surface area contributed by atoms with E-state index >= 15 is 0 Å². The summed E-state index contributed by atoms with van der Waals surface area (Å²) >= 11 is 0. The Balaban J connectivity index is 2.31. The first kappa shape index (κ1) is 11.8. The SMILES string of the molecule is CCCn1nccc1C(NN)c1cn(C)cn1. The van der Waals surface area contributed by atoms with E-state index in [2.05, 4.69) is 22.4 Å². The Morgan fingerprint density at radius 2 is 2.35 bits per heavy atom. The first-order valence-electron chi connectivity index (χ1n) is 5.72. The molecule has 2 heterocycles.